The van der Waals surface area contributed by atoms with Crippen LogP contribution in [0, 0.1) is 0 Å². The van der Waals surface area contributed by atoms with E-state index in [0.717, 1.165) is 21.3 Å². The quantitative estimate of drug-likeness (QED) is 0.263. The molecule has 4 amide bonds. The van der Waals surface area contributed by atoms with Gasteiger partial charge in [0.25, 0.3) is 0 Å². The predicted octanol–water partition coefficient (Wildman–Crippen LogP) is 2.68. The fourth-order valence-corrected chi connectivity index (χ4v) is 7.25. The molecule has 6 rings (SSSR count). The highest BCUT2D eigenvalue weighted by Crippen LogP contribution is 2.31. The monoisotopic (exact) mass is 659 g/mol. The van der Waals surface area contributed by atoms with Gasteiger partial charge < -0.3 is 15.1 Å². The van der Waals surface area contributed by atoms with Crippen LogP contribution in [0.3, 0.4) is 0 Å². The number of primary sulfonamides is 1. The van der Waals surface area contributed by atoms with Crippen molar-refractivity contribution in [1.82, 2.24) is 30.1 Å². The molecule has 2 atom stereocenters. The van der Waals surface area contributed by atoms with E-state index in [2.05, 4.69) is 16.9 Å². The number of hydrogen-bond donors (Lipinski definition) is 2. The van der Waals surface area contributed by atoms with Gasteiger partial charge in [-0.3, -0.25) is 9.59 Å². The van der Waals surface area contributed by atoms with Crippen molar-refractivity contribution in [3.8, 4) is 0 Å². The molecular weight excluding hydrogens is 627 g/mol. The van der Waals surface area contributed by atoms with Crippen molar-refractivity contribution in [2.24, 2.45) is 5.14 Å². The Morgan fingerprint density at radius 3 is 2.52 bits per heavy atom. The second-order valence-electron chi connectivity index (χ2n) is 11.2. The number of fused-ring (bicyclic) bond motifs is 2. The van der Waals surface area contributed by atoms with Gasteiger partial charge in [-0.2, -0.15) is 0 Å². The van der Waals surface area contributed by atoms with Crippen LogP contribution in [0.4, 0.5) is 4.79 Å². The lowest BCUT2D eigenvalue weighted by Crippen LogP contribution is -2.76. The minimum Gasteiger partial charge on any atom is -0.333 e. The number of benzene rings is 3. The largest absolute Gasteiger partial charge is 0.334 e. The first-order chi connectivity index (χ1) is 22.1. The fourth-order valence-electron chi connectivity index (χ4n) is 6.02. The maximum absolute atomic E-state index is 14.3. The number of nitrogens with one attached hydrogen (secondary N) is 1. The molecule has 0 aliphatic carbocycles. The molecule has 14 heteroatoms. The zero-order valence-electron chi connectivity index (χ0n) is 24.9. The number of para-hydroxylation sites is 1. The molecule has 0 spiro atoms. The van der Waals surface area contributed by atoms with Crippen LogP contribution in [-0.2, 0) is 39.1 Å². The number of hydrogen-bond acceptors (Lipinski definition) is 8. The van der Waals surface area contributed by atoms with Gasteiger partial charge in [-0.05, 0) is 34.9 Å². The maximum atomic E-state index is 14.3. The van der Waals surface area contributed by atoms with E-state index in [0.29, 0.717) is 5.56 Å². The topological polar surface area (TPSA) is 149 Å². The summed E-state index contributed by atoms with van der Waals surface area (Å²) in [6.45, 7) is 4.49. The number of carbonyl (C=O) groups is 3. The first-order valence-corrected chi connectivity index (χ1v) is 17.1. The van der Waals surface area contributed by atoms with Gasteiger partial charge in [-0.1, -0.05) is 60.7 Å². The highest BCUT2D eigenvalue weighted by atomic mass is 32.2. The fraction of sp³-hybridized carbons (Fsp3) is 0.250. The molecule has 0 radical (unpaired) electrons. The minimum absolute atomic E-state index is 0.0579. The standard InChI is InChI=1S/C32H33N7O5S2/c1-2-15-37-20-29(40)38-26(16-22-11-13-25(14-12-22)46(33,43)44)31(41)36(18-24-9-6-10-27-30(24)35-21-45-27)19-28(38)39(37)32(42)34-17-23-7-4-3-5-8-23/h2-14,21,26,28H,1,15-20H2,(H,34,42)(H2,33,43,44)/t26-,28-/m0/s1. The summed E-state index contributed by atoms with van der Waals surface area (Å²) in [5.41, 5.74) is 4.95. The minimum atomic E-state index is -3.91. The zero-order chi connectivity index (χ0) is 32.4. The van der Waals surface area contributed by atoms with Gasteiger partial charge in [0.05, 0.1) is 33.7 Å². The van der Waals surface area contributed by atoms with E-state index in [1.54, 1.807) is 33.6 Å². The summed E-state index contributed by atoms with van der Waals surface area (Å²) in [4.78, 5) is 49.6. The van der Waals surface area contributed by atoms with Crippen molar-refractivity contribution < 1.29 is 22.8 Å². The molecule has 1 aromatic heterocycles. The van der Waals surface area contributed by atoms with Crippen LogP contribution >= 0.6 is 11.3 Å². The van der Waals surface area contributed by atoms with Crippen molar-refractivity contribution in [2.75, 3.05) is 19.6 Å². The van der Waals surface area contributed by atoms with Gasteiger partial charge in [0, 0.05) is 26.1 Å². The van der Waals surface area contributed by atoms with E-state index in [1.807, 2.05) is 48.5 Å². The van der Waals surface area contributed by atoms with Gasteiger partial charge in [0.1, 0.15) is 12.2 Å². The third kappa shape index (κ3) is 6.37. The van der Waals surface area contributed by atoms with Gasteiger partial charge >= 0.3 is 6.03 Å². The number of aromatic nitrogens is 1. The molecule has 0 unspecified atom stereocenters. The number of nitrogens with two attached hydrogens (primary N) is 1. The molecular formula is C32H33N7O5S2. The van der Waals surface area contributed by atoms with Crippen LogP contribution in [0.2, 0.25) is 0 Å². The van der Waals surface area contributed by atoms with E-state index in [1.165, 1.54) is 33.4 Å². The molecule has 238 valence electrons. The van der Waals surface area contributed by atoms with Crippen LogP contribution in [-0.4, -0.2) is 82.9 Å². The number of urea groups is 1. The Hall–Kier alpha value is -4.63. The van der Waals surface area contributed by atoms with E-state index in [-0.39, 0.29) is 55.9 Å². The summed E-state index contributed by atoms with van der Waals surface area (Å²) in [6.07, 6.45) is 0.905. The van der Waals surface area contributed by atoms with Crippen molar-refractivity contribution in [3.63, 3.8) is 0 Å². The summed E-state index contributed by atoms with van der Waals surface area (Å²) in [5.74, 6) is -0.589. The summed E-state index contributed by atoms with van der Waals surface area (Å²) in [6, 6.07) is 19.8. The average molecular weight is 660 g/mol. The van der Waals surface area contributed by atoms with Crippen LogP contribution in [0.5, 0.6) is 0 Å². The van der Waals surface area contributed by atoms with Gasteiger partial charge in [-0.25, -0.2) is 33.4 Å². The summed E-state index contributed by atoms with van der Waals surface area (Å²) < 4.78 is 24.7. The van der Waals surface area contributed by atoms with Crippen molar-refractivity contribution in [2.45, 2.75) is 36.6 Å². The van der Waals surface area contributed by atoms with Crippen molar-refractivity contribution in [1.29, 1.82) is 0 Å². The first kappa shape index (κ1) is 31.4. The highest BCUT2D eigenvalue weighted by Gasteiger charge is 2.51. The van der Waals surface area contributed by atoms with Crippen LogP contribution < -0.4 is 10.5 Å². The van der Waals surface area contributed by atoms with Gasteiger partial charge in [0.2, 0.25) is 21.8 Å². The molecule has 46 heavy (non-hydrogen) atoms. The number of hydrazine groups is 1. The van der Waals surface area contributed by atoms with Gasteiger partial charge in [-0.15, -0.1) is 17.9 Å². The maximum Gasteiger partial charge on any atom is 0.334 e. The molecule has 0 bridgehead atoms. The molecule has 2 aliphatic rings. The summed E-state index contributed by atoms with van der Waals surface area (Å²) in [5, 5.41) is 11.4. The number of sulfonamides is 1. The Bertz CT molecular complexity index is 1880. The average Bonchev–Trinajstić information content (AvgIpc) is 3.52. The Kier molecular flexibility index (Phi) is 8.86. The highest BCUT2D eigenvalue weighted by molar-refractivity contribution is 7.89. The number of carbonyl (C=O) groups excluding carboxylic acids is 3. The van der Waals surface area contributed by atoms with Crippen LogP contribution in [0.1, 0.15) is 16.7 Å². The number of rotatable bonds is 9. The second-order valence-corrected chi connectivity index (χ2v) is 13.6. The summed E-state index contributed by atoms with van der Waals surface area (Å²) >= 11 is 1.51. The Balaban J connectivity index is 1.37. The number of amides is 4. The summed E-state index contributed by atoms with van der Waals surface area (Å²) in [7, 11) is -3.91. The lowest BCUT2D eigenvalue weighted by Gasteiger charge is -2.55. The molecule has 12 nitrogen and oxygen atoms in total. The molecule has 4 aromatic rings. The number of thiazole rings is 1. The first-order valence-electron chi connectivity index (χ1n) is 14.6. The molecule has 3 heterocycles. The van der Waals surface area contributed by atoms with Crippen molar-refractivity contribution >= 4 is 49.4 Å². The zero-order valence-corrected chi connectivity index (χ0v) is 26.5. The predicted molar refractivity (Wildman–Crippen MR) is 173 cm³/mol. The van der Waals surface area contributed by atoms with Gasteiger partial charge in [0.15, 0.2) is 0 Å². The normalized spacial score (nSPS) is 18.9. The molecule has 0 saturated carbocycles. The Labute approximate surface area is 270 Å². The molecule has 2 fully saturated rings. The van der Waals surface area contributed by atoms with E-state index in [9.17, 15) is 22.8 Å². The molecule has 3 aromatic carbocycles. The lowest BCUT2D eigenvalue weighted by molar-refractivity contribution is -0.189. The van der Waals surface area contributed by atoms with E-state index < -0.39 is 28.3 Å². The third-order valence-electron chi connectivity index (χ3n) is 8.15. The Morgan fingerprint density at radius 2 is 1.80 bits per heavy atom. The molecule has 2 aliphatic heterocycles. The number of nitrogens with zero attached hydrogens (tertiary/aromatic N) is 5. The lowest BCUT2D eigenvalue weighted by atomic mass is 9.98. The molecule has 2 saturated heterocycles. The van der Waals surface area contributed by atoms with Crippen LogP contribution in [0.25, 0.3) is 10.2 Å². The smallest absolute Gasteiger partial charge is 0.333 e. The number of piperazine rings is 1. The van der Waals surface area contributed by atoms with E-state index in [4.69, 9.17) is 5.14 Å². The van der Waals surface area contributed by atoms with Crippen LogP contribution in [0.15, 0.2) is 95.9 Å². The van der Waals surface area contributed by atoms with Crippen molar-refractivity contribution in [3.05, 3.63) is 108 Å². The molecule has 3 N–H and O–H groups in total. The SMILES string of the molecule is C=CCN1CC(=O)N2[C@@H](Cc3ccc(S(N)(=O)=O)cc3)C(=O)N(Cc3cccc4scnc34)C[C@@H]2N1C(=O)NCc1ccccc1. The second kappa shape index (κ2) is 13.0. The Morgan fingerprint density at radius 1 is 1.04 bits per heavy atom. The third-order valence-corrected chi connectivity index (χ3v) is 9.87. The van der Waals surface area contributed by atoms with E-state index >= 15 is 0 Å².